The third kappa shape index (κ3) is 3.61. The Morgan fingerprint density at radius 2 is 1.96 bits per heavy atom. The lowest BCUT2D eigenvalue weighted by atomic mass is 10.2. The van der Waals surface area contributed by atoms with Crippen molar-refractivity contribution in [1.29, 1.82) is 0 Å². The normalized spacial score (nSPS) is 12.2. The second kappa shape index (κ2) is 7.60. The molecule has 0 fully saturated rings. The first-order valence-corrected chi connectivity index (χ1v) is 8.03. The van der Waals surface area contributed by atoms with Crippen LogP contribution in [0.25, 0.3) is 10.9 Å². The molecule has 3 rings (SSSR count). The molecule has 0 aliphatic heterocycles. The van der Waals surface area contributed by atoms with Gasteiger partial charge in [0.1, 0.15) is 11.8 Å². The number of hydrogen-bond acceptors (Lipinski definition) is 5. The molecule has 7 heteroatoms. The fourth-order valence-corrected chi connectivity index (χ4v) is 2.44. The number of nitrogens with one attached hydrogen (secondary N) is 1. The molecule has 3 aromatic rings. The molecular formula is C19H18N4O3. The number of fused-ring (bicyclic) bond motifs is 1. The Labute approximate surface area is 149 Å². The van der Waals surface area contributed by atoms with Gasteiger partial charge in [-0.25, -0.2) is 10.4 Å². The summed E-state index contributed by atoms with van der Waals surface area (Å²) in [4.78, 5) is 29.0. The van der Waals surface area contributed by atoms with E-state index in [2.05, 4.69) is 15.5 Å². The summed E-state index contributed by atoms with van der Waals surface area (Å²) in [6.45, 7) is 1.62. The summed E-state index contributed by atoms with van der Waals surface area (Å²) in [6.07, 6.45) is 2.90. The zero-order valence-corrected chi connectivity index (χ0v) is 14.4. The van der Waals surface area contributed by atoms with Gasteiger partial charge < -0.3 is 4.74 Å². The van der Waals surface area contributed by atoms with Gasteiger partial charge in [-0.3, -0.25) is 14.2 Å². The number of rotatable bonds is 5. The predicted molar refractivity (Wildman–Crippen MR) is 99.4 cm³/mol. The molecule has 0 saturated carbocycles. The number of carbonyl (C=O) groups is 1. The lowest BCUT2D eigenvalue weighted by Gasteiger charge is -2.13. The number of nitrogens with zero attached hydrogens (tertiary/aromatic N) is 3. The van der Waals surface area contributed by atoms with Gasteiger partial charge in [0.15, 0.2) is 0 Å². The fourth-order valence-electron chi connectivity index (χ4n) is 2.44. The van der Waals surface area contributed by atoms with Crippen molar-refractivity contribution >= 4 is 23.0 Å². The summed E-state index contributed by atoms with van der Waals surface area (Å²) < 4.78 is 6.37. The van der Waals surface area contributed by atoms with Gasteiger partial charge in [0.25, 0.3) is 11.5 Å². The summed E-state index contributed by atoms with van der Waals surface area (Å²) in [6, 6.07) is 13.5. The van der Waals surface area contributed by atoms with Gasteiger partial charge in [-0.15, -0.1) is 0 Å². The van der Waals surface area contributed by atoms with Crippen LogP contribution >= 0.6 is 0 Å². The molecule has 0 aliphatic rings. The van der Waals surface area contributed by atoms with Crippen LogP contribution in [0, 0.1) is 0 Å². The van der Waals surface area contributed by atoms with Crippen molar-refractivity contribution in [3.05, 3.63) is 70.8 Å². The molecule has 2 aromatic carbocycles. The average Bonchev–Trinajstić information content (AvgIpc) is 2.68. The van der Waals surface area contributed by atoms with Crippen molar-refractivity contribution < 1.29 is 9.53 Å². The molecule has 1 unspecified atom stereocenters. The maximum absolute atomic E-state index is 12.5. The van der Waals surface area contributed by atoms with Gasteiger partial charge in [-0.1, -0.05) is 12.1 Å². The molecule has 7 nitrogen and oxygen atoms in total. The fraction of sp³-hybridized carbons (Fsp3) is 0.158. The third-order valence-electron chi connectivity index (χ3n) is 3.99. The minimum absolute atomic E-state index is 0.266. The van der Waals surface area contributed by atoms with Crippen LogP contribution in [0.5, 0.6) is 5.75 Å². The molecule has 1 aromatic heterocycles. The number of hydrazone groups is 1. The molecule has 1 amide bonds. The highest BCUT2D eigenvalue weighted by atomic mass is 16.5. The minimum Gasteiger partial charge on any atom is -0.497 e. The van der Waals surface area contributed by atoms with Gasteiger partial charge in [0, 0.05) is 0 Å². The van der Waals surface area contributed by atoms with Crippen LogP contribution in [0.3, 0.4) is 0 Å². The Morgan fingerprint density at radius 3 is 2.69 bits per heavy atom. The number of carbonyl (C=O) groups excluding carboxylic acids is 1. The van der Waals surface area contributed by atoms with Crippen LogP contribution in [0.2, 0.25) is 0 Å². The number of methoxy groups -OCH3 is 1. The standard InChI is InChI=1S/C19H18N4O3/c1-13(23-12-20-17-6-4-3-5-16(17)19(23)25)18(24)22-21-11-14-7-9-15(26-2)10-8-14/h3-13H,1-2H3,(H,22,24). The molecule has 0 spiro atoms. The number of hydrogen-bond donors (Lipinski definition) is 1. The quantitative estimate of drug-likeness (QED) is 0.564. The highest BCUT2D eigenvalue weighted by Gasteiger charge is 2.17. The van der Waals surface area contributed by atoms with Crippen molar-refractivity contribution in [1.82, 2.24) is 15.0 Å². The maximum Gasteiger partial charge on any atom is 0.262 e. The molecule has 1 N–H and O–H groups in total. The van der Waals surface area contributed by atoms with E-state index in [1.165, 1.54) is 17.1 Å². The van der Waals surface area contributed by atoms with E-state index < -0.39 is 11.9 Å². The first-order chi connectivity index (χ1) is 12.6. The van der Waals surface area contributed by atoms with Crippen LogP contribution < -0.4 is 15.7 Å². The Hall–Kier alpha value is -3.48. The van der Waals surface area contributed by atoms with E-state index in [9.17, 15) is 9.59 Å². The van der Waals surface area contributed by atoms with E-state index in [1.807, 2.05) is 18.2 Å². The molecular weight excluding hydrogens is 332 g/mol. The molecule has 0 radical (unpaired) electrons. The molecule has 0 bridgehead atoms. The molecule has 1 heterocycles. The number of ether oxygens (including phenoxy) is 1. The molecule has 1 atom stereocenters. The lowest BCUT2D eigenvalue weighted by molar-refractivity contribution is -0.123. The van der Waals surface area contributed by atoms with E-state index in [0.717, 1.165) is 11.3 Å². The van der Waals surface area contributed by atoms with Crippen LogP contribution in [0.4, 0.5) is 0 Å². The summed E-state index contributed by atoms with van der Waals surface area (Å²) in [5, 5.41) is 4.40. The van der Waals surface area contributed by atoms with Crippen LogP contribution in [0.1, 0.15) is 18.5 Å². The van der Waals surface area contributed by atoms with Crippen LogP contribution in [-0.4, -0.2) is 28.8 Å². The summed E-state index contributed by atoms with van der Waals surface area (Å²) in [5.41, 5.74) is 3.58. The second-order valence-corrected chi connectivity index (χ2v) is 5.66. The SMILES string of the molecule is COc1ccc(C=NNC(=O)C(C)n2cnc3ccccc3c2=O)cc1. The van der Waals surface area contributed by atoms with E-state index in [1.54, 1.807) is 44.4 Å². The van der Waals surface area contributed by atoms with Crippen molar-refractivity contribution in [3.8, 4) is 5.75 Å². The van der Waals surface area contributed by atoms with Gasteiger partial charge in [-0.05, 0) is 48.9 Å². The lowest BCUT2D eigenvalue weighted by Crippen LogP contribution is -2.33. The molecule has 26 heavy (non-hydrogen) atoms. The van der Waals surface area contributed by atoms with Gasteiger partial charge in [-0.2, -0.15) is 5.10 Å². The van der Waals surface area contributed by atoms with E-state index in [-0.39, 0.29) is 5.56 Å². The molecule has 0 aliphatic carbocycles. The first kappa shape index (κ1) is 17.3. The van der Waals surface area contributed by atoms with Crippen LogP contribution in [0.15, 0.2) is 64.8 Å². The van der Waals surface area contributed by atoms with Crippen molar-refractivity contribution in [3.63, 3.8) is 0 Å². The number of aromatic nitrogens is 2. The highest BCUT2D eigenvalue weighted by molar-refractivity contribution is 5.84. The number of para-hydroxylation sites is 1. The maximum atomic E-state index is 12.5. The number of amides is 1. The molecule has 0 saturated heterocycles. The average molecular weight is 350 g/mol. The largest absolute Gasteiger partial charge is 0.497 e. The van der Waals surface area contributed by atoms with Crippen molar-refractivity contribution in [2.75, 3.05) is 7.11 Å². The zero-order valence-electron chi connectivity index (χ0n) is 14.4. The van der Waals surface area contributed by atoms with Gasteiger partial charge >= 0.3 is 0 Å². The molecule has 132 valence electrons. The zero-order chi connectivity index (χ0) is 18.5. The second-order valence-electron chi connectivity index (χ2n) is 5.66. The minimum atomic E-state index is -0.743. The Balaban J connectivity index is 1.72. The topological polar surface area (TPSA) is 85.6 Å². The summed E-state index contributed by atoms with van der Waals surface area (Å²) >= 11 is 0. The summed E-state index contributed by atoms with van der Waals surface area (Å²) in [7, 11) is 1.59. The monoisotopic (exact) mass is 350 g/mol. The highest BCUT2D eigenvalue weighted by Crippen LogP contribution is 2.10. The van der Waals surface area contributed by atoms with E-state index >= 15 is 0 Å². The van der Waals surface area contributed by atoms with Crippen molar-refractivity contribution in [2.24, 2.45) is 5.10 Å². The third-order valence-corrected chi connectivity index (χ3v) is 3.99. The van der Waals surface area contributed by atoms with E-state index in [4.69, 9.17) is 4.74 Å². The van der Waals surface area contributed by atoms with Crippen molar-refractivity contribution in [2.45, 2.75) is 13.0 Å². The number of benzene rings is 2. The Morgan fingerprint density at radius 1 is 1.23 bits per heavy atom. The smallest absolute Gasteiger partial charge is 0.262 e. The summed E-state index contributed by atoms with van der Waals surface area (Å²) in [5.74, 6) is 0.330. The van der Waals surface area contributed by atoms with Gasteiger partial charge in [0.2, 0.25) is 0 Å². The first-order valence-electron chi connectivity index (χ1n) is 8.03. The Bertz CT molecular complexity index is 1010. The predicted octanol–water partition coefficient (Wildman–Crippen LogP) is 2.12. The van der Waals surface area contributed by atoms with Gasteiger partial charge in [0.05, 0.1) is 30.6 Å². The van der Waals surface area contributed by atoms with E-state index in [0.29, 0.717) is 10.9 Å². The van der Waals surface area contributed by atoms with Crippen LogP contribution in [-0.2, 0) is 4.79 Å². The Kier molecular flexibility index (Phi) is 5.07.